The number of benzene rings is 1. The van der Waals surface area contributed by atoms with E-state index in [-0.39, 0.29) is 24.0 Å². The maximum atomic E-state index is 4.32. The summed E-state index contributed by atoms with van der Waals surface area (Å²) in [5, 5.41) is 7.50. The van der Waals surface area contributed by atoms with Crippen LogP contribution < -0.4 is 5.32 Å². The first-order valence-electron chi connectivity index (χ1n) is 7.71. The molecule has 7 heteroatoms. The molecule has 0 spiro atoms. The van der Waals surface area contributed by atoms with Crippen LogP contribution in [-0.4, -0.2) is 46.3 Å². The van der Waals surface area contributed by atoms with Crippen molar-refractivity contribution in [2.45, 2.75) is 19.4 Å². The monoisotopic (exact) mass is 440 g/mol. The molecule has 0 aliphatic heterocycles. The molecule has 0 radical (unpaired) electrons. The van der Waals surface area contributed by atoms with Crippen molar-refractivity contribution in [2.75, 3.05) is 20.6 Å². The Labute approximate surface area is 160 Å². The maximum Gasteiger partial charge on any atom is 0.193 e. The first kappa shape index (κ1) is 20.1. The third kappa shape index (κ3) is 5.95. The molecule has 1 aromatic carbocycles. The summed E-state index contributed by atoms with van der Waals surface area (Å²) < 4.78 is 1.74. The Bertz CT molecular complexity index is 621. The van der Waals surface area contributed by atoms with Gasteiger partial charge in [0.2, 0.25) is 0 Å². The van der Waals surface area contributed by atoms with E-state index in [1.165, 1.54) is 11.9 Å². The zero-order valence-corrected chi connectivity index (χ0v) is 16.6. The summed E-state index contributed by atoms with van der Waals surface area (Å²) in [6, 6.07) is 8.22. The molecule has 2 rings (SSSR count). The topological polar surface area (TPSA) is 58.3 Å². The molecule has 0 fully saturated rings. The van der Waals surface area contributed by atoms with E-state index < -0.39 is 0 Å². The van der Waals surface area contributed by atoms with Crippen molar-refractivity contribution in [2.24, 2.45) is 4.99 Å². The number of guanidine groups is 1. The number of hydrogen-bond acceptors (Lipinski definition) is 3. The highest BCUT2D eigenvalue weighted by atomic mass is 127. The normalized spacial score (nSPS) is 10.8. The summed E-state index contributed by atoms with van der Waals surface area (Å²) in [5.74, 6) is 0.898. The van der Waals surface area contributed by atoms with Crippen molar-refractivity contribution in [3.05, 3.63) is 55.1 Å². The lowest BCUT2D eigenvalue weighted by molar-refractivity contribution is 0.470. The van der Waals surface area contributed by atoms with Gasteiger partial charge < -0.3 is 10.2 Å². The van der Waals surface area contributed by atoms with Gasteiger partial charge in [-0.25, -0.2) is 9.67 Å². The average molecular weight is 440 g/mol. The van der Waals surface area contributed by atoms with Crippen LogP contribution in [0.2, 0.25) is 0 Å². The van der Waals surface area contributed by atoms with Gasteiger partial charge >= 0.3 is 0 Å². The van der Waals surface area contributed by atoms with E-state index in [1.807, 2.05) is 25.3 Å². The fourth-order valence-electron chi connectivity index (χ4n) is 2.25. The maximum absolute atomic E-state index is 4.32. The molecule has 1 heterocycles. The van der Waals surface area contributed by atoms with Gasteiger partial charge in [-0.2, -0.15) is 5.10 Å². The smallest absolute Gasteiger partial charge is 0.193 e. The largest absolute Gasteiger partial charge is 0.352 e. The highest BCUT2D eigenvalue weighted by Gasteiger charge is 2.05. The summed E-state index contributed by atoms with van der Waals surface area (Å²) >= 11 is 0. The lowest BCUT2D eigenvalue weighted by atomic mass is 10.2. The molecule has 0 saturated heterocycles. The molecule has 0 saturated carbocycles. The molecule has 0 bridgehead atoms. The molecular formula is C17H25IN6. The summed E-state index contributed by atoms with van der Waals surface area (Å²) in [5.41, 5.74) is 2.19. The molecular weight excluding hydrogens is 415 g/mol. The molecule has 24 heavy (non-hydrogen) atoms. The molecule has 0 atom stereocenters. The SMILES string of the molecule is C=CCCCN(C)C(=NC)NCc1ccc(-n2cncn2)cc1.I. The minimum Gasteiger partial charge on any atom is -0.352 e. The lowest BCUT2D eigenvalue weighted by Crippen LogP contribution is -2.38. The standard InChI is InChI=1S/C17H24N6.HI/c1-4-5-6-11-22(3)17(18-2)20-12-15-7-9-16(10-8-15)23-14-19-13-21-23;/h4,7-10,13-14H,1,5-6,11-12H2,2-3H3,(H,18,20);1H. The summed E-state index contributed by atoms with van der Waals surface area (Å²) in [7, 11) is 3.85. The van der Waals surface area contributed by atoms with Crippen LogP contribution in [0.1, 0.15) is 18.4 Å². The molecule has 6 nitrogen and oxygen atoms in total. The van der Waals surface area contributed by atoms with Crippen LogP contribution in [0.4, 0.5) is 0 Å². The van der Waals surface area contributed by atoms with Crippen LogP contribution in [0.25, 0.3) is 5.69 Å². The number of aromatic nitrogens is 3. The molecule has 0 aliphatic carbocycles. The molecule has 0 amide bonds. The highest BCUT2D eigenvalue weighted by molar-refractivity contribution is 14.0. The van der Waals surface area contributed by atoms with Crippen LogP contribution in [0.5, 0.6) is 0 Å². The number of halogens is 1. The van der Waals surface area contributed by atoms with Gasteiger partial charge in [0.15, 0.2) is 5.96 Å². The van der Waals surface area contributed by atoms with E-state index in [9.17, 15) is 0 Å². The number of rotatable bonds is 7. The molecule has 0 unspecified atom stereocenters. The van der Waals surface area contributed by atoms with Gasteiger partial charge in [-0.15, -0.1) is 30.6 Å². The second-order valence-electron chi connectivity index (χ2n) is 5.26. The van der Waals surface area contributed by atoms with Crippen LogP contribution in [0.3, 0.4) is 0 Å². The van der Waals surface area contributed by atoms with E-state index in [1.54, 1.807) is 18.1 Å². The Kier molecular flexibility index (Phi) is 9.06. The first-order chi connectivity index (χ1) is 11.2. The van der Waals surface area contributed by atoms with E-state index in [4.69, 9.17) is 0 Å². The van der Waals surface area contributed by atoms with Crippen LogP contribution >= 0.6 is 24.0 Å². The van der Waals surface area contributed by atoms with Crippen molar-refractivity contribution < 1.29 is 0 Å². The number of hydrogen-bond donors (Lipinski definition) is 1. The zero-order valence-electron chi connectivity index (χ0n) is 14.2. The zero-order chi connectivity index (χ0) is 16.5. The Morgan fingerprint density at radius 1 is 1.38 bits per heavy atom. The minimum absolute atomic E-state index is 0. The Morgan fingerprint density at radius 3 is 2.71 bits per heavy atom. The Hall–Kier alpha value is -1.90. The summed E-state index contributed by atoms with van der Waals surface area (Å²) in [6.45, 7) is 5.44. The lowest BCUT2D eigenvalue weighted by Gasteiger charge is -2.22. The van der Waals surface area contributed by atoms with Gasteiger partial charge in [0.1, 0.15) is 12.7 Å². The van der Waals surface area contributed by atoms with Gasteiger partial charge in [0.05, 0.1) is 5.69 Å². The van der Waals surface area contributed by atoms with Crippen molar-refractivity contribution >= 4 is 29.9 Å². The van der Waals surface area contributed by atoms with Crippen LogP contribution in [-0.2, 0) is 6.54 Å². The predicted molar refractivity (Wildman–Crippen MR) is 109 cm³/mol. The van der Waals surface area contributed by atoms with Crippen molar-refractivity contribution in [3.63, 3.8) is 0 Å². The van der Waals surface area contributed by atoms with E-state index >= 15 is 0 Å². The number of nitrogens with zero attached hydrogens (tertiary/aromatic N) is 5. The highest BCUT2D eigenvalue weighted by Crippen LogP contribution is 2.08. The van der Waals surface area contributed by atoms with Crippen molar-refractivity contribution in [1.29, 1.82) is 0 Å². The number of unbranched alkanes of at least 4 members (excludes halogenated alkanes) is 1. The van der Waals surface area contributed by atoms with Gasteiger partial charge in [-0.05, 0) is 30.5 Å². The van der Waals surface area contributed by atoms with Gasteiger partial charge in [-0.3, -0.25) is 4.99 Å². The Balaban J connectivity index is 0.00000288. The summed E-state index contributed by atoms with van der Waals surface area (Å²) in [6.07, 6.45) is 7.26. The van der Waals surface area contributed by atoms with Crippen LogP contribution in [0, 0.1) is 0 Å². The fraction of sp³-hybridized carbons (Fsp3) is 0.353. The average Bonchev–Trinajstić information content (AvgIpc) is 3.11. The van der Waals surface area contributed by atoms with Crippen LogP contribution in [0.15, 0.2) is 54.6 Å². The number of allylic oxidation sites excluding steroid dienone is 1. The number of nitrogens with one attached hydrogen (secondary N) is 1. The van der Waals surface area contributed by atoms with Crippen molar-refractivity contribution in [3.8, 4) is 5.69 Å². The molecule has 130 valence electrons. The van der Waals surface area contributed by atoms with E-state index in [0.29, 0.717) is 0 Å². The van der Waals surface area contributed by atoms with E-state index in [2.05, 4.69) is 44.0 Å². The third-order valence-corrected chi connectivity index (χ3v) is 3.55. The second-order valence-corrected chi connectivity index (χ2v) is 5.26. The van der Waals surface area contributed by atoms with Gasteiger partial charge in [0.25, 0.3) is 0 Å². The third-order valence-electron chi connectivity index (χ3n) is 3.55. The molecule has 1 N–H and O–H groups in total. The predicted octanol–water partition coefficient (Wildman–Crippen LogP) is 2.86. The van der Waals surface area contributed by atoms with E-state index in [0.717, 1.165) is 37.6 Å². The van der Waals surface area contributed by atoms with Crippen molar-refractivity contribution in [1.82, 2.24) is 25.0 Å². The molecule has 0 aliphatic rings. The summed E-state index contributed by atoms with van der Waals surface area (Å²) in [4.78, 5) is 10.4. The molecule has 1 aromatic heterocycles. The quantitative estimate of drug-likeness (QED) is 0.237. The second kappa shape index (κ2) is 10.8. The first-order valence-corrected chi connectivity index (χ1v) is 7.71. The minimum atomic E-state index is 0. The fourth-order valence-corrected chi connectivity index (χ4v) is 2.25. The number of aliphatic imine (C=N–C) groups is 1. The Morgan fingerprint density at radius 2 is 2.12 bits per heavy atom. The van der Waals surface area contributed by atoms with Gasteiger partial charge in [-0.1, -0.05) is 18.2 Å². The van der Waals surface area contributed by atoms with Gasteiger partial charge in [0, 0.05) is 27.2 Å². The molecule has 2 aromatic rings.